The molecule has 0 atom stereocenters. The average Bonchev–Trinajstić information content (AvgIpc) is 2.32. The van der Waals surface area contributed by atoms with Crippen molar-refractivity contribution in [2.75, 3.05) is 7.11 Å². The molecule has 1 aromatic heterocycles. The third-order valence-corrected chi connectivity index (χ3v) is 2.37. The third kappa shape index (κ3) is 4.33. The minimum atomic E-state index is -0.455. The van der Waals surface area contributed by atoms with Crippen molar-refractivity contribution in [3.63, 3.8) is 0 Å². The Hall–Kier alpha value is -1.95. The molecule has 0 aliphatic heterocycles. The van der Waals surface area contributed by atoms with Crippen LogP contribution in [-0.2, 0) is 32.3 Å². The lowest BCUT2D eigenvalue weighted by Crippen LogP contribution is -2.11. The van der Waals surface area contributed by atoms with Crippen LogP contribution in [-0.4, -0.2) is 24.0 Å². The number of ether oxygens (including phenoxy) is 3. The number of rotatable bonds is 5. The standard InChI is InChI=1S/C13H17NO5/c1-8-13(19-10(3)16)12(7-18-9(2)15)11(5-14-8)6-17-4/h5H,6-7H2,1-4H3. The van der Waals surface area contributed by atoms with Gasteiger partial charge in [-0.25, -0.2) is 0 Å². The first kappa shape index (κ1) is 15.1. The Labute approximate surface area is 111 Å². The number of carbonyl (C=O) groups excluding carboxylic acids is 2. The summed E-state index contributed by atoms with van der Waals surface area (Å²) >= 11 is 0. The van der Waals surface area contributed by atoms with Crippen molar-refractivity contribution in [1.82, 2.24) is 4.98 Å². The van der Waals surface area contributed by atoms with E-state index in [1.807, 2.05) is 0 Å². The van der Waals surface area contributed by atoms with E-state index in [4.69, 9.17) is 14.2 Å². The van der Waals surface area contributed by atoms with Gasteiger partial charge in [0.2, 0.25) is 0 Å². The van der Waals surface area contributed by atoms with Crippen molar-refractivity contribution in [3.05, 3.63) is 23.0 Å². The highest BCUT2D eigenvalue weighted by atomic mass is 16.5. The second kappa shape index (κ2) is 6.84. The molecule has 19 heavy (non-hydrogen) atoms. The molecule has 0 aliphatic rings. The van der Waals surface area contributed by atoms with Crippen molar-refractivity contribution in [2.45, 2.75) is 34.0 Å². The van der Waals surface area contributed by atoms with Crippen LogP contribution in [0.1, 0.15) is 30.7 Å². The zero-order valence-corrected chi connectivity index (χ0v) is 11.5. The molecular formula is C13H17NO5. The summed E-state index contributed by atoms with van der Waals surface area (Å²) < 4.78 is 15.2. The Morgan fingerprint density at radius 1 is 1.21 bits per heavy atom. The maximum absolute atomic E-state index is 11.1. The summed E-state index contributed by atoms with van der Waals surface area (Å²) in [4.78, 5) is 26.2. The van der Waals surface area contributed by atoms with Gasteiger partial charge in [0.1, 0.15) is 6.61 Å². The fraction of sp³-hybridized carbons (Fsp3) is 0.462. The molecule has 0 saturated carbocycles. The van der Waals surface area contributed by atoms with Crippen LogP contribution < -0.4 is 4.74 Å². The predicted molar refractivity (Wildman–Crippen MR) is 66.5 cm³/mol. The summed E-state index contributed by atoms with van der Waals surface area (Å²) in [5.41, 5.74) is 1.86. The fourth-order valence-corrected chi connectivity index (χ4v) is 1.57. The molecule has 1 aromatic rings. The Morgan fingerprint density at radius 2 is 1.89 bits per heavy atom. The molecule has 0 spiro atoms. The van der Waals surface area contributed by atoms with Crippen molar-refractivity contribution < 1.29 is 23.8 Å². The average molecular weight is 267 g/mol. The van der Waals surface area contributed by atoms with Crippen LogP contribution in [0.3, 0.4) is 0 Å². The van der Waals surface area contributed by atoms with E-state index >= 15 is 0 Å². The number of aryl methyl sites for hydroxylation is 1. The second-order valence-electron chi connectivity index (χ2n) is 3.98. The summed E-state index contributed by atoms with van der Waals surface area (Å²) in [7, 11) is 1.54. The Bertz CT molecular complexity index is 484. The molecule has 1 heterocycles. The van der Waals surface area contributed by atoms with Gasteiger partial charge in [0.05, 0.1) is 12.3 Å². The van der Waals surface area contributed by atoms with Gasteiger partial charge in [-0.2, -0.15) is 0 Å². The lowest BCUT2D eigenvalue weighted by molar-refractivity contribution is -0.142. The highest BCUT2D eigenvalue weighted by molar-refractivity contribution is 5.70. The van der Waals surface area contributed by atoms with Gasteiger partial charge in [-0.15, -0.1) is 0 Å². The second-order valence-corrected chi connectivity index (χ2v) is 3.98. The molecule has 6 nitrogen and oxygen atoms in total. The van der Waals surface area contributed by atoms with E-state index < -0.39 is 11.9 Å². The third-order valence-electron chi connectivity index (χ3n) is 2.37. The van der Waals surface area contributed by atoms with E-state index in [0.717, 1.165) is 0 Å². The van der Waals surface area contributed by atoms with Crippen LogP contribution in [0.15, 0.2) is 6.20 Å². The SMILES string of the molecule is COCc1cnc(C)c(OC(C)=O)c1COC(C)=O. The van der Waals surface area contributed by atoms with Crippen molar-refractivity contribution in [1.29, 1.82) is 0 Å². The first-order valence-electron chi connectivity index (χ1n) is 5.73. The normalized spacial score (nSPS) is 10.1. The van der Waals surface area contributed by atoms with Crippen LogP contribution in [0, 0.1) is 6.92 Å². The summed E-state index contributed by atoms with van der Waals surface area (Å²) in [5, 5.41) is 0. The monoisotopic (exact) mass is 267 g/mol. The minimum absolute atomic E-state index is 0.0139. The smallest absolute Gasteiger partial charge is 0.308 e. The van der Waals surface area contributed by atoms with Crippen LogP contribution in [0.4, 0.5) is 0 Å². The number of esters is 2. The lowest BCUT2D eigenvalue weighted by Gasteiger charge is -2.15. The Kier molecular flexibility index (Phi) is 5.44. The largest absolute Gasteiger partial charge is 0.461 e. The maximum atomic E-state index is 11.1. The van der Waals surface area contributed by atoms with Crippen LogP contribution in [0.25, 0.3) is 0 Å². The van der Waals surface area contributed by atoms with Gasteiger partial charge < -0.3 is 14.2 Å². The molecule has 0 unspecified atom stereocenters. The van der Waals surface area contributed by atoms with Gasteiger partial charge in [0, 0.05) is 38.3 Å². The van der Waals surface area contributed by atoms with E-state index in [0.29, 0.717) is 22.6 Å². The number of methoxy groups -OCH3 is 1. The zero-order chi connectivity index (χ0) is 14.4. The molecule has 0 aromatic carbocycles. The molecule has 0 bridgehead atoms. The quantitative estimate of drug-likeness (QED) is 0.753. The Morgan fingerprint density at radius 3 is 2.42 bits per heavy atom. The highest BCUT2D eigenvalue weighted by Crippen LogP contribution is 2.27. The number of hydrogen-bond acceptors (Lipinski definition) is 6. The van der Waals surface area contributed by atoms with Crippen molar-refractivity contribution in [2.24, 2.45) is 0 Å². The van der Waals surface area contributed by atoms with E-state index in [1.54, 1.807) is 20.2 Å². The molecular weight excluding hydrogens is 250 g/mol. The van der Waals surface area contributed by atoms with Crippen molar-refractivity contribution in [3.8, 4) is 5.75 Å². The first-order valence-corrected chi connectivity index (χ1v) is 5.73. The summed E-state index contributed by atoms with van der Waals surface area (Å²) in [6.45, 7) is 4.64. The van der Waals surface area contributed by atoms with E-state index in [1.165, 1.54) is 13.8 Å². The highest BCUT2D eigenvalue weighted by Gasteiger charge is 2.16. The fourth-order valence-electron chi connectivity index (χ4n) is 1.57. The number of carbonyl (C=O) groups is 2. The van der Waals surface area contributed by atoms with Gasteiger partial charge in [-0.05, 0) is 6.92 Å². The van der Waals surface area contributed by atoms with Gasteiger partial charge in [0.15, 0.2) is 5.75 Å². The molecule has 6 heteroatoms. The van der Waals surface area contributed by atoms with E-state index in [-0.39, 0.29) is 13.2 Å². The maximum Gasteiger partial charge on any atom is 0.308 e. The van der Waals surface area contributed by atoms with Gasteiger partial charge in [0.25, 0.3) is 0 Å². The summed E-state index contributed by atoms with van der Waals surface area (Å²) in [6.07, 6.45) is 1.62. The molecule has 0 amide bonds. The van der Waals surface area contributed by atoms with Gasteiger partial charge in [-0.1, -0.05) is 0 Å². The van der Waals surface area contributed by atoms with E-state index in [9.17, 15) is 9.59 Å². The minimum Gasteiger partial charge on any atom is -0.461 e. The molecule has 104 valence electrons. The number of aromatic nitrogens is 1. The van der Waals surface area contributed by atoms with Crippen LogP contribution in [0.5, 0.6) is 5.75 Å². The van der Waals surface area contributed by atoms with Crippen LogP contribution in [0.2, 0.25) is 0 Å². The molecule has 0 radical (unpaired) electrons. The van der Waals surface area contributed by atoms with E-state index in [2.05, 4.69) is 4.98 Å². The molecule has 0 saturated heterocycles. The molecule has 0 aliphatic carbocycles. The summed E-state index contributed by atoms with van der Waals surface area (Å²) in [6, 6.07) is 0. The predicted octanol–water partition coefficient (Wildman–Crippen LogP) is 1.52. The van der Waals surface area contributed by atoms with Gasteiger partial charge >= 0.3 is 11.9 Å². The molecule has 1 rings (SSSR count). The number of nitrogens with zero attached hydrogens (tertiary/aromatic N) is 1. The lowest BCUT2D eigenvalue weighted by atomic mass is 10.1. The molecule has 0 N–H and O–H groups in total. The van der Waals surface area contributed by atoms with Crippen molar-refractivity contribution >= 4 is 11.9 Å². The summed E-state index contributed by atoms with van der Waals surface area (Å²) in [5.74, 6) is -0.543. The molecule has 0 fully saturated rings. The first-order chi connectivity index (χ1) is 8.95. The topological polar surface area (TPSA) is 74.7 Å². The van der Waals surface area contributed by atoms with Crippen LogP contribution >= 0.6 is 0 Å². The van der Waals surface area contributed by atoms with Gasteiger partial charge in [-0.3, -0.25) is 14.6 Å². The number of hydrogen-bond donors (Lipinski definition) is 0. The number of pyridine rings is 1. The Balaban J connectivity index is 3.18. The zero-order valence-electron chi connectivity index (χ0n) is 11.5.